The number of benzene rings is 1. The second kappa shape index (κ2) is 5.56. The Morgan fingerprint density at radius 1 is 1.37 bits per heavy atom. The molecule has 1 fully saturated rings. The molecule has 3 N–H and O–H groups in total. The summed E-state index contributed by atoms with van der Waals surface area (Å²) in [6.07, 6.45) is -1.52. The van der Waals surface area contributed by atoms with Gasteiger partial charge in [-0.05, 0) is 18.4 Å². The molecule has 0 bridgehead atoms. The maximum absolute atomic E-state index is 11.8. The lowest BCUT2D eigenvalue weighted by Crippen LogP contribution is -2.62. The smallest absolute Gasteiger partial charge is 0.414 e. The van der Waals surface area contributed by atoms with Gasteiger partial charge in [0.15, 0.2) is 0 Å². The van der Waals surface area contributed by atoms with Crippen molar-refractivity contribution in [1.29, 1.82) is 0 Å². The summed E-state index contributed by atoms with van der Waals surface area (Å²) in [4.78, 5) is 12.5. The molecular formula is C13H17NO5. The number of hydrogen-bond donors (Lipinski definition) is 3. The van der Waals surface area contributed by atoms with Gasteiger partial charge in [-0.15, -0.1) is 0 Å². The first kappa shape index (κ1) is 13.8. The van der Waals surface area contributed by atoms with Gasteiger partial charge in [-0.25, -0.2) is 4.79 Å². The van der Waals surface area contributed by atoms with Crippen molar-refractivity contribution in [3.8, 4) is 0 Å². The largest absolute Gasteiger partial charge is 0.444 e. The van der Waals surface area contributed by atoms with Gasteiger partial charge in [-0.2, -0.15) is 0 Å². The van der Waals surface area contributed by atoms with E-state index in [9.17, 15) is 20.1 Å². The van der Waals surface area contributed by atoms with Crippen molar-refractivity contribution < 1.29 is 24.9 Å². The van der Waals surface area contributed by atoms with Crippen LogP contribution in [0, 0.1) is 0 Å². The Bertz CT molecular complexity index is 434. The molecule has 1 heterocycles. The summed E-state index contributed by atoms with van der Waals surface area (Å²) < 4.78 is 5.01. The normalized spacial score (nSPS) is 22.1. The van der Waals surface area contributed by atoms with Gasteiger partial charge in [0.2, 0.25) is 0 Å². The number of piperidine rings is 1. The number of aliphatic hydroxyl groups excluding tert-OH is 1. The molecule has 1 saturated heterocycles. The van der Waals surface area contributed by atoms with E-state index in [1.165, 1.54) is 0 Å². The van der Waals surface area contributed by atoms with Gasteiger partial charge in [0.25, 0.3) is 5.91 Å². The van der Waals surface area contributed by atoms with Gasteiger partial charge in [0, 0.05) is 6.54 Å². The highest BCUT2D eigenvalue weighted by Crippen LogP contribution is 2.24. The van der Waals surface area contributed by atoms with Gasteiger partial charge < -0.3 is 20.1 Å². The molecule has 1 atom stereocenters. The first-order chi connectivity index (χ1) is 9.01. The van der Waals surface area contributed by atoms with Crippen LogP contribution in [-0.4, -0.2) is 44.9 Å². The van der Waals surface area contributed by atoms with Crippen LogP contribution in [0.3, 0.4) is 0 Å². The Morgan fingerprint density at radius 2 is 2.05 bits per heavy atom. The molecule has 19 heavy (non-hydrogen) atoms. The average Bonchev–Trinajstić information content (AvgIpc) is 2.40. The molecule has 1 amide bonds. The lowest BCUT2D eigenvalue weighted by molar-refractivity contribution is -0.311. The van der Waals surface area contributed by atoms with E-state index in [1.807, 2.05) is 18.2 Å². The Kier molecular flexibility index (Phi) is 4.04. The molecule has 1 aliphatic rings. The molecule has 1 aliphatic heterocycles. The molecule has 0 aliphatic carbocycles. The van der Waals surface area contributed by atoms with Crippen LogP contribution in [-0.2, 0) is 11.3 Å². The number of carbonyl (C=O) groups excluding carboxylic acids is 1. The zero-order valence-electron chi connectivity index (χ0n) is 10.4. The zero-order valence-corrected chi connectivity index (χ0v) is 10.4. The van der Waals surface area contributed by atoms with Gasteiger partial charge in [-0.1, -0.05) is 30.3 Å². The number of ether oxygens (including phenoxy) is 1. The van der Waals surface area contributed by atoms with Crippen molar-refractivity contribution in [2.24, 2.45) is 0 Å². The quantitative estimate of drug-likeness (QED) is 0.676. The fraction of sp³-hybridized carbons (Fsp3) is 0.462. The van der Waals surface area contributed by atoms with Crippen molar-refractivity contribution >= 4 is 6.09 Å². The highest BCUT2D eigenvalue weighted by atomic mass is 16.6. The van der Waals surface area contributed by atoms with Crippen molar-refractivity contribution in [3.05, 3.63) is 35.9 Å². The Labute approximate surface area is 110 Å². The van der Waals surface area contributed by atoms with E-state index < -0.39 is 18.1 Å². The van der Waals surface area contributed by atoms with E-state index in [4.69, 9.17) is 4.74 Å². The molecule has 2 rings (SSSR count). The highest BCUT2D eigenvalue weighted by Gasteiger charge is 2.46. The maximum Gasteiger partial charge on any atom is 0.414 e. The predicted octanol–water partition coefficient (Wildman–Crippen LogP) is 0.418. The van der Waals surface area contributed by atoms with Crippen LogP contribution >= 0.6 is 0 Å². The minimum absolute atomic E-state index is 0.0440. The van der Waals surface area contributed by atoms with Crippen molar-refractivity contribution in [2.45, 2.75) is 31.5 Å². The number of rotatable bonds is 2. The van der Waals surface area contributed by atoms with Crippen molar-refractivity contribution in [1.82, 2.24) is 4.90 Å². The van der Waals surface area contributed by atoms with Crippen LogP contribution in [0.15, 0.2) is 30.3 Å². The van der Waals surface area contributed by atoms with E-state index in [-0.39, 0.29) is 19.6 Å². The fourth-order valence-corrected chi connectivity index (χ4v) is 2.00. The van der Waals surface area contributed by atoms with Crippen LogP contribution in [0.5, 0.6) is 0 Å². The molecule has 6 heteroatoms. The molecule has 0 saturated carbocycles. The molecule has 104 valence electrons. The minimum Gasteiger partial charge on any atom is -0.444 e. The average molecular weight is 267 g/mol. The lowest BCUT2D eigenvalue weighted by atomic mass is 10.0. The highest BCUT2D eigenvalue weighted by molar-refractivity contribution is 5.68. The van der Waals surface area contributed by atoms with Gasteiger partial charge >= 0.3 is 6.09 Å². The number of hydrogen-bond acceptors (Lipinski definition) is 5. The topological polar surface area (TPSA) is 90.2 Å². The molecule has 1 unspecified atom stereocenters. The van der Waals surface area contributed by atoms with Gasteiger partial charge in [0.05, 0.1) is 0 Å². The summed E-state index contributed by atoms with van der Waals surface area (Å²) >= 11 is 0. The van der Waals surface area contributed by atoms with Crippen molar-refractivity contribution in [3.63, 3.8) is 0 Å². The van der Waals surface area contributed by atoms with E-state index in [1.54, 1.807) is 12.1 Å². The van der Waals surface area contributed by atoms with E-state index in [0.29, 0.717) is 6.42 Å². The first-order valence-electron chi connectivity index (χ1n) is 6.13. The van der Waals surface area contributed by atoms with Gasteiger partial charge in [0.1, 0.15) is 12.7 Å². The first-order valence-corrected chi connectivity index (χ1v) is 6.13. The molecule has 0 aromatic heterocycles. The molecule has 6 nitrogen and oxygen atoms in total. The van der Waals surface area contributed by atoms with Crippen LogP contribution in [0.1, 0.15) is 18.4 Å². The third-order valence-electron chi connectivity index (χ3n) is 3.13. The molecule has 0 spiro atoms. The van der Waals surface area contributed by atoms with Crippen LogP contribution in [0.25, 0.3) is 0 Å². The van der Waals surface area contributed by atoms with Gasteiger partial charge in [-0.3, -0.25) is 4.90 Å². The number of nitrogens with zero attached hydrogens (tertiary/aromatic N) is 1. The summed E-state index contributed by atoms with van der Waals surface area (Å²) in [5, 5.41) is 28.9. The number of likely N-dealkylation sites (tertiary alicyclic amines) is 1. The van der Waals surface area contributed by atoms with Crippen molar-refractivity contribution in [2.75, 3.05) is 6.54 Å². The second-order valence-electron chi connectivity index (χ2n) is 4.54. The molecular weight excluding hydrogens is 250 g/mol. The third-order valence-corrected chi connectivity index (χ3v) is 3.13. The summed E-state index contributed by atoms with van der Waals surface area (Å²) in [7, 11) is 0. The Balaban J connectivity index is 1.96. The predicted molar refractivity (Wildman–Crippen MR) is 65.7 cm³/mol. The van der Waals surface area contributed by atoms with Crippen LogP contribution in [0.4, 0.5) is 4.79 Å². The SMILES string of the molecule is O=C(OCc1ccccc1)N1CCCC(O)C1(O)O. The molecule has 0 radical (unpaired) electrons. The molecule has 1 aromatic carbocycles. The summed E-state index contributed by atoms with van der Waals surface area (Å²) in [5.41, 5.74) is 0.801. The summed E-state index contributed by atoms with van der Waals surface area (Å²) in [6.45, 7) is 0.181. The Morgan fingerprint density at radius 3 is 2.74 bits per heavy atom. The number of carbonyl (C=O) groups is 1. The van der Waals surface area contributed by atoms with E-state index >= 15 is 0 Å². The summed E-state index contributed by atoms with van der Waals surface area (Å²) in [5.74, 6) is -2.56. The standard InChI is InChI=1S/C13H17NO5/c15-11-7-4-8-14(13(11,17)18)12(16)19-9-10-5-2-1-3-6-10/h1-3,5-6,11,15,17-18H,4,7-9H2. The number of amides is 1. The minimum atomic E-state index is -2.56. The van der Waals surface area contributed by atoms with Crippen LogP contribution in [0.2, 0.25) is 0 Å². The van der Waals surface area contributed by atoms with E-state index in [2.05, 4.69) is 0 Å². The molecule has 1 aromatic rings. The Hall–Kier alpha value is -1.63. The van der Waals surface area contributed by atoms with E-state index in [0.717, 1.165) is 10.5 Å². The fourth-order valence-electron chi connectivity index (χ4n) is 2.00. The third kappa shape index (κ3) is 3.04. The zero-order chi connectivity index (χ0) is 13.9. The monoisotopic (exact) mass is 267 g/mol. The number of aliphatic hydroxyl groups is 3. The summed E-state index contributed by atoms with van der Waals surface area (Å²) in [6, 6.07) is 9.07. The second-order valence-corrected chi connectivity index (χ2v) is 4.54. The lowest BCUT2D eigenvalue weighted by Gasteiger charge is -2.40. The van der Waals surface area contributed by atoms with Crippen LogP contribution < -0.4 is 0 Å². The maximum atomic E-state index is 11.8.